The molecule has 0 bridgehead atoms. The molecule has 0 saturated heterocycles. The Morgan fingerprint density at radius 3 is 2.50 bits per heavy atom. The van der Waals surface area contributed by atoms with Crippen molar-refractivity contribution in [1.29, 1.82) is 0 Å². The van der Waals surface area contributed by atoms with Gasteiger partial charge in [-0.15, -0.1) is 6.58 Å². The van der Waals surface area contributed by atoms with Crippen molar-refractivity contribution < 1.29 is 0 Å². The molecule has 56 valence electrons. The van der Waals surface area contributed by atoms with Gasteiger partial charge in [-0.3, -0.25) is 0 Å². The Balaban J connectivity index is 2.42. The van der Waals surface area contributed by atoms with Gasteiger partial charge in [0.15, 0.2) is 0 Å². The van der Waals surface area contributed by atoms with Gasteiger partial charge in [-0.05, 0) is 38.0 Å². The number of rotatable bonds is 2. The molecule has 2 unspecified atom stereocenters. The van der Waals surface area contributed by atoms with Crippen molar-refractivity contribution in [2.45, 2.75) is 26.2 Å². The van der Waals surface area contributed by atoms with Crippen LogP contribution in [0.15, 0.2) is 24.8 Å². The minimum absolute atomic E-state index is 0.765. The topological polar surface area (TPSA) is 0 Å². The first-order valence-corrected chi connectivity index (χ1v) is 4.02. The Labute approximate surface area is 63.6 Å². The predicted octanol–water partition coefficient (Wildman–Crippen LogP) is 3.16. The quantitative estimate of drug-likeness (QED) is 0.511. The third-order valence-electron chi connectivity index (χ3n) is 2.50. The van der Waals surface area contributed by atoms with Crippen molar-refractivity contribution in [3.05, 3.63) is 24.8 Å². The van der Waals surface area contributed by atoms with E-state index in [9.17, 15) is 0 Å². The summed E-state index contributed by atoms with van der Waals surface area (Å²) in [7, 11) is 0. The van der Waals surface area contributed by atoms with Crippen LogP contribution in [0.2, 0.25) is 0 Å². The maximum Gasteiger partial charge on any atom is -0.0203 e. The second-order valence-corrected chi connectivity index (χ2v) is 3.35. The SMILES string of the molecule is C=CC1CCC(C(=C)C)C1. The minimum Gasteiger partial charge on any atom is -0.103 e. The average molecular weight is 136 g/mol. The molecule has 0 aromatic heterocycles. The van der Waals surface area contributed by atoms with Gasteiger partial charge in [0.25, 0.3) is 0 Å². The molecular weight excluding hydrogens is 120 g/mol. The zero-order valence-corrected chi connectivity index (χ0v) is 6.77. The smallest absolute Gasteiger partial charge is 0.0203 e. The van der Waals surface area contributed by atoms with Gasteiger partial charge in [-0.25, -0.2) is 0 Å². The number of hydrogen-bond donors (Lipinski definition) is 0. The van der Waals surface area contributed by atoms with E-state index in [4.69, 9.17) is 0 Å². The Hall–Kier alpha value is -0.520. The van der Waals surface area contributed by atoms with E-state index >= 15 is 0 Å². The van der Waals surface area contributed by atoms with E-state index in [1.807, 2.05) is 0 Å². The summed E-state index contributed by atoms with van der Waals surface area (Å²) in [5.74, 6) is 1.55. The van der Waals surface area contributed by atoms with E-state index in [2.05, 4.69) is 26.2 Å². The lowest BCUT2D eigenvalue weighted by Crippen LogP contribution is -1.94. The van der Waals surface area contributed by atoms with Gasteiger partial charge in [0.05, 0.1) is 0 Å². The summed E-state index contributed by atoms with van der Waals surface area (Å²) in [6.45, 7) is 9.91. The van der Waals surface area contributed by atoms with Gasteiger partial charge in [0.2, 0.25) is 0 Å². The first-order valence-electron chi connectivity index (χ1n) is 4.02. The summed E-state index contributed by atoms with van der Waals surface area (Å²) in [4.78, 5) is 0. The van der Waals surface area contributed by atoms with Crippen molar-refractivity contribution in [2.24, 2.45) is 11.8 Å². The highest BCUT2D eigenvalue weighted by Crippen LogP contribution is 2.34. The van der Waals surface area contributed by atoms with Crippen LogP contribution < -0.4 is 0 Å². The molecule has 2 atom stereocenters. The van der Waals surface area contributed by atoms with Crippen LogP contribution in [0.1, 0.15) is 26.2 Å². The Bertz CT molecular complexity index is 144. The van der Waals surface area contributed by atoms with E-state index in [-0.39, 0.29) is 0 Å². The molecular formula is C10H16. The fourth-order valence-electron chi connectivity index (χ4n) is 1.68. The molecule has 1 saturated carbocycles. The molecule has 0 radical (unpaired) electrons. The highest BCUT2D eigenvalue weighted by molar-refractivity contribution is 5.02. The molecule has 1 fully saturated rings. The van der Waals surface area contributed by atoms with Crippen LogP contribution in [0.4, 0.5) is 0 Å². The van der Waals surface area contributed by atoms with Crippen LogP contribution in [0.5, 0.6) is 0 Å². The zero-order chi connectivity index (χ0) is 7.56. The Morgan fingerprint density at radius 1 is 1.50 bits per heavy atom. The van der Waals surface area contributed by atoms with Crippen LogP contribution >= 0.6 is 0 Å². The summed E-state index contributed by atoms with van der Waals surface area (Å²) in [6.07, 6.45) is 6.02. The highest BCUT2D eigenvalue weighted by Gasteiger charge is 2.22. The standard InChI is InChI=1S/C10H16/c1-4-9-5-6-10(7-9)8(2)3/h4,9-10H,1-2,5-7H2,3H3. The Morgan fingerprint density at radius 2 is 2.20 bits per heavy atom. The molecule has 0 heterocycles. The molecule has 0 spiro atoms. The number of allylic oxidation sites excluding steroid dienone is 2. The van der Waals surface area contributed by atoms with Crippen LogP contribution in [0.3, 0.4) is 0 Å². The van der Waals surface area contributed by atoms with Crippen molar-refractivity contribution in [3.63, 3.8) is 0 Å². The second-order valence-electron chi connectivity index (χ2n) is 3.35. The first kappa shape index (κ1) is 7.59. The van der Waals surface area contributed by atoms with Gasteiger partial charge in [-0.1, -0.05) is 18.2 Å². The second kappa shape index (κ2) is 3.05. The molecule has 0 heteroatoms. The van der Waals surface area contributed by atoms with Gasteiger partial charge < -0.3 is 0 Å². The van der Waals surface area contributed by atoms with Gasteiger partial charge in [-0.2, -0.15) is 0 Å². The van der Waals surface area contributed by atoms with E-state index < -0.39 is 0 Å². The van der Waals surface area contributed by atoms with E-state index in [1.165, 1.54) is 24.8 Å². The van der Waals surface area contributed by atoms with E-state index in [1.54, 1.807) is 0 Å². The van der Waals surface area contributed by atoms with Crippen molar-refractivity contribution >= 4 is 0 Å². The number of hydrogen-bond acceptors (Lipinski definition) is 0. The molecule has 0 aliphatic heterocycles. The van der Waals surface area contributed by atoms with E-state index in [0.717, 1.165) is 11.8 Å². The van der Waals surface area contributed by atoms with Crippen molar-refractivity contribution in [2.75, 3.05) is 0 Å². The van der Waals surface area contributed by atoms with Gasteiger partial charge >= 0.3 is 0 Å². The molecule has 0 amide bonds. The summed E-state index contributed by atoms with van der Waals surface area (Å²) in [5.41, 5.74) is 1.35. The normalized spacial score (nSPS) is 32.1. The third-order valence-corrected chi connectivity index (χ3v) is 2.50. The summed E-state index contributed by atoms with van der Waals surface area (Å²) in [5, 5.41) is 0. The molecule has 1 rings (SSSR count). The maximum atomic E-state index is 3.97. The monoisotopic (exact) mass is 136 g/mol. The summed E-state index contributed by atoms with van der Waals surface area (Å²) >= 11 is 0. The fourth-order valence-corrected chi connectivity index (χ4v) is 1.68. The lowest BCUT2D eigenvalue weighted by molar-refractivity contribution is 0.613. The van der Waals surface area contributed by atoms with Crippen LogP contribution in [0, 0.1) is 11.8 Å². The fraction of sp³-hybridized carbons (Fsp3) is 0.600. The molecule has 0 nitrogen and oxygen atoms in total. The predicted molar refractivity (Wildman–Crippen MR) is 45.8 cm³/mol. The molecule has 0 aromatic rings. The van der Waals surface area contributed by atoms with Gasteiger partial charge in [0.1, 0.15) is 0 Å². The summed E-state index contributed by atoms with van der Waals surface area (Å²) < 4.78 is 0. The minimum atomic E-state index is 0.765. The highest BCUT2D eigenvalue weighted by atomic mass is 14.3. The summed E-state index contributed by atoms with van der Waals surface area (Å²) in [6, 6.07) is 0. The molecule has 10 heavy (non-hydrogen) atoms. The van der Waals surface area contributed by atoms with Crippen molar-refractivity contribution in [3.8, 4) is 0 Å². The molecule has 0 aromatic carbocycles. The average Bonchev–Trinajstić information content (AvgIpc) is 2.34. The van der Waals surface area contributed by atoms with Crippen molar-refractivity contribution in [1.82, 2.24) is 0 Å². The lowest BCUT2D eigenvalue weighted by Gasteiger charge is -2.07. The zero-order valence-electron chi connectivity index (χ0n) is 6.77. The first-order chi connectivity index (χ1) is 4.74. The third kappa shape index (κ3) is 1.50. The molecule has 1 aliphatic carbocycles. The van der Waals surface area contributed by atoms with Gasteiger partial charge in [0, 0.05) is 0 Å². The molecule has 1 aliphatic rings. The Kier molecular flexibility index (Phi) is 2.31. The largest absolute Gasteiger partial charge is 0.103 e. The maximum absolute atomic E-state index is 3.97. The van der Waals surface area contributed by atoms with Crippen LogP contribution in [-0.2, 0) is 0 Å². The lowest BCUT2D eigenvalue weighted by atomic mass is 9.99. The molecule has 0 N–H and O–H groups in total. The van der Waals surface area contributed by atoms with E-state index in [0.29, 0.717) is 0 Å². The van der Waals surface area contributed by atoms with Crippen LogP contribution in [0.25, 0.3) is 0 Å². The van der Waals surface area contributed by atoms with Crippen LogP contribution in [-0.4, -0.2) is 0 Å².